The lowest BCUT2D eigenvalue weighted by molar-refractivity contribution is -0.121. The number of primary amides is 1. The molecular formula is C21H24N2O3. The fraction of sp³-hybridized carbons (Fsp3) is 0.333. The minimum absolute atomic E-state index is 0.0321. The SMILES string of the molecule is Cc1ccc(C2(C(=O)Nc3ccc(OCC(N)=O)cc3)CCCC2)cc1. The highest BCUT2D eigenvalue weighted by Gasteiger charge is 2.42. The second-order valence-corrected chi connectivity index (χ2v) is 6.89. The number of carbonyl (C=O) groups excluding carboxylic acids is 2. The van der Waals surface area contributed by atoms with Gasteiger partial charge in [0.05, 0.1) is 5.41 Å². The molecule has 2 aromatic rings. The van der Waals surface area contributed by atoms with Gasteiger partial charge in [-0.3, -0.25) is 9.59 Å². The van der Waals surface area contributed by atoms with Gasteiger partial charge >= 0.3 is 0 Å². The van der Waals surface area contributed by atoms with Crippen LogP contribution in [0.2, 0.25) is 0 Å². The van der Waals surface area contributed by atoms with E-state index in [-0.39, 0.29) is 12.5 Å². The van der Waals surface area contributed by atoms with Gasteiger partial charge in [-0.1, -0.05) is 42.7 Å². The molecule has 136 valence electrons. The van der Waals surface area contributed by atoms with Crippen LogP contribution in [0, 0.1) is 6.92 Å². The van der Waals surface area contributed by atoms with E-state index in [1.807, 2.05) is 6.92 Å². The van der Waals surface area contributed by atoms with Crippen LogP contribution in [0.3, 0.4) is 0 Å². The summed E-state index contributed by atoms with van der Waals surface area (Å²) in [4.78, 5) is 23.9. The van der Waals surface area contributed by atoms with Crippen molar-refractivity contribution in [1.29, 1.82) is 0 Å². The zero-order valence-electron chi connectivity index (χ0n) is 15.0. The first-order valence-corrected chi connectivity index (χ1v) is 8.89. The Balaban J connectivity index is 1.74. The molecule has 2 amide bonds. The third kappa shape index (κ3) is 3.87. The Bertz CT molecular complexity index is 776. The van der Waals surface area contributed by atoms with E-state index in [2.05, 4.69) is 29.6 Å². The fourth-order valence-corrected chi connectivity index (χ4v) is 3.54. The zero-order valence-corrected chi connectivity index (χ0v) is 15.0. The predicted octanol–water partition coefficient (Wildman–Crippen LogP) is 3.31. The molecule has 0 bridgehead atoms. The molecule has 1 aliphatic rings. The monoisotopic (exact) mass is 352 g/mol. The molecule has 3 rings (SSSR count). The Kier molecular flexibility index (Phi) is 5.26. The molecule has 1 saturated carbocycles. The summed E-state index contributed by atoms with van der Waals surface area (Å²) < 4.78 is 5.24. The first-order valence-electron chi connectivity index (χ1n) is 8.89. The fourth-order valence-electron chi connectivity index (χ4n) is 3.54. The molecule has 0 spiro atoms. The van der Waals surface area contributed by atoms with Gasteiger partial charge in [0, 0.05) is 5.69 Å². The molecule has 5 nitrogen and oxygen atoms in total. The van der Waals surface area contributed by atoms with E-state index in [1.54, 1.807) is 24.3 Å². The smallest absolute Gasteiger partial charge is 0.255 e. The van der Waals surface area contributed by atoms with E-state index < -0.39 is 11.3 Å². The average Bonchev–Trinajstić information content (AvgIpc) is 3.13. The predicted molar refractivity (Wildman–Crippen MR) is 101 cm³/mol. The van der Waals surface area contributed by atoms with Crippen LogP contribution < -0.4 is 15.8 Å². The first kappa shape index (κ1) is 18.0. The number of amides is 2. The highest BCUT2D eigenvalue weighted by atomic mass is 16.5. The Labute approximate surface area is 153 Å². The number of benzene rings is 2. The highest BCUT2D eigenvalue weighted by molar-refractivity contribution is 5.99. The zero-order chi connectivity index (χ0) is 18.6. The number of hydrogen-bond acceptors (Lipinski definition) is 3. The number of anilines is 1. The van der Waals surface area contributed by atoms with Gasteiger partial charge in [-0.2, -0.15) is 0 Å². The minimum atomic E-state index is -0.524. The second-order valence-electron chi connectivity index (χ2n) is 6.89. The van der Waals surface area contributed by atoms with E-state index >= 15 is 0 Å². The summed E-state index contributed by atoms with van der Waals surface area (Å²) in [7, 11) is 0. The maximum Gasteiger partial charge on any atom is 0.255 e. The summed E-state index contributed by atoms with van der Waals surface area (Å²) in [6, 6.07) is 15.2. The molecule has 0 aliphatic heterocycles. The number of ether oxygens (including phenoxy) is 1. The Morgan fingerprint density at radius 3 is 2.23 bits per heavy atom. The molecule has 2 aromatic carbocycles. The number of nitrogens with two attached hydrogens (primary N) is 1. The van der Waals surface area contributed by atoms with Gasteiger partial charge in [-0.05, 0) is 49.6 Å². The maximum absolute atomic E-state index is 13.1. The van der Waals surface area contributed by atoms with Gasteiger partial charge in [0.1, 0.15) is 5.75 Å². The van der Waals surface area contributed by atoms with Crippen LogP contribution in [-0.4, -0.2) is 18.4 Å². The summed E-state index contributed by atoms with van der Waals surface area (Å²) in [6.45, 7) is 1.88. The molecular weight excluding hydrogens is 328 g/mol. The van der Waals surface area contributed by atoms with Crippen molar-refractivity contribution in [3.63, 3.8) is 0 Å². The lowest BCUT2D eigenvalue weighted by Gasteiger charge is -2.28. The van der Waals surface area contributed by atoms with Gasteiger partial charge in [0.2, 0.25) is 5.91 Å². The molecule has 1 fully saturated rings. The van der Waals surface area contributed by atoms with Gasteiger partial charge < -0.3 is 15.8 Å². The number of aryl methyl sites for hydroxylation is 1. The molecule has 3 N–H and O–H groups in total. The van der Waals surface area contributed by atoms with Crippen LogP contribution in [0.5, 0.6) is 5.75 Å². The Hall–Kier alpha value is -2.82. The normalized spacial score (nSPS) is 15.4. The summed E-state index contributed by atoms with van der Waals surface area (Å²) in [6.07, 6.45) is 3.84. The molecule has 26 heavy (non-hydrogen) atoms. The van der Waals surface area contributed by atoms with Crippen molar-refractivity contribution in [2.45, 2.75) is 38.0 Å². The highest BCUT2D eigenvalue weighted by Crippen LogP contribution is 2.42. The van der Waals surface area contributed by atoms with Gasteiger partial charge in [0.15, 0.2) is 6.61 Å². The molecule has 0 unspecified atom stereocenters. The van der Waals surface area contributed by atoms with E-state index in [4.69, 9.17) is 10.5 Å². The van der Waals surface area contributed by atoms with Gasteiger partial charge in [0.25, 0.3) is 5.91 Å². The second kappa shape index (κ2) is 7.60. The average molecular weight is 352 g/mol. The van der Waals surface area contributed by atoms with Crippen molar-refractivity contribution >= 4 is 17.5 Å². The number of rotatable bonds is 6. The quantitative estimate of drug-likeness (QED) is 0.837. The number of nitrogens with one attached hydrogen (secondary N) is 1. The van der Waals surface area contributed by atoms with E-state index in [0.29, 0.717) is 11.4 Å². The minimum Gasteiger partial charge on any atom is -0.484 e. The summed E-state index contributed by atoms with van der Waals surface area (Å²) in [5.74, 6) is 0.0456. The Morgan fingerprint density at radius 2 is 1.65 bits per heavy atom. The maximum atomic E-state index is 13.1. The van der Waals surface area contributed by atoms with E-state index in [0.717, 1.165) is 31.2 Å². The Morgan fingerprint density at radius 1 is 1.04 bits per heavy atom. The van der Waals surface area contributed by atoms with Crippen molar-refractivity contribution in [1.82, 2.24) is 0 Å². The molecule has 0 atom stereocenters. The van der Waals surface area contributed by atoms with Crippen LogP contribution in [0.25, 0.3) is 0 Å². The number of carbonyl (C=O) groups is 2. The van der Waals surface area contributed by atoms with Crippen LogP contribution >= 0.6 is 0 Å². The van der Waals surface area contributed by atoms with Crippen LogP contribution in [0.1, 0.15) is 36.8 Å². The molecule has 0 saturated heterocycles. The van der Waals surface area contributed by atoms with Crippen LogP contribution in [-0.2, 0) is 15.0 Å². The summed E-state index contributed by atoms with van der Waals surface area (Å²) >= 11 is 0. The van der Waals surface area contributed by atoms with Crippen molar-refractivity contribution in [3.8, 4) is 5.75 Å². The van der Waals surface area contributed by atoms with Gasteiger partial charge in [-0.15, -0.1) is 0 Å². The summed E-state index contributed by atoms with van der Waals surface area (Å²) in [5.41, 5.74) is 7.58. The van der Waals surface area contributed by atoms with Crippen molar-refractivity contribution in [2.75, 3.05) is 11.9 Å². The van der Waals surface area contributed by atoms with Crippen molar-refractivity contribution in [2.24, 2.45) is 5.73 Å². The van der Waals surface area contributed by atoms with Crippen molar-refractivity contribution in [3.05, 3.63) is 59.7 Å². The molecule has 0 aromatic heterocycles. The topological polar surface area (TPSA) is 81.4 Å². The molecule has 5 heteroatoms. The van der Waals surface area contributed by atoms with E-state index in [1.165, 1.54) is 5.56 Å². The largest absolute Gasteiger partial charge is 0.484 e. The third-order valence-electron chi connectivity index (χ3n) is 4.99. The first-order chi connectivity index (χ1) is 12.5. The van der Waals surface area contributed by atoms with Crippen LogP contribution in [0.4, 0.5) is 5.69 Å². The molecule has 0 heterocycles. The van der Waals surface area contributed by atoms with Crippen molar-refractivity contribution < 1.29 is 14.3 Å². The standard InChI is InChI=1S/C21H24N2O3/c1-15-4-6-16(7-5-15)21(12-2-3-13-21)20(25)23-17-8-10-18(11-9-17)26-14-19(22)24/h4-11H,2-3,12-14H2,1H3,(H2,22,24)(H,23,25). The third-order valence-corrected chi connectivity index (χ3v) is 4.99. The lowest BCUT2D eigenvalue weighted by atomic mass is 9.77. The number of hydrogen-bond donors (Lipinski definition) is 2. The summed E-state index contributed by atoms with van der Waals surface area (Å²) in [5, 5.41) is 3.04. The van der Waals surface area contributed by atoms with Crippen LogP contribution in [0.15, 0.2) is 48.5 Å². The molecule has 1 aliphatic carbocycles. The van der Waals surface area contributed by atoms with E-state index in [9.17, 15) is 9.59 Å². The lowest BCUT2D eigenvalue weighted by Crippen LogP contribution is -2.38. The molecule has 0 radical (unpaired) electrons. The van der Waals surface area contributed by atoms with Gasteiger partial charge in [-0.25, -0.2) is 0 Å².